The zero-order valence-electron chi connectivity index (χ0n) is 15.2. The molecule has 1 aromatic rings. The van der Waals surface area contributed by atoms with E-state index in [2.05, 4.69) is 49.9 Å². The third-order valence-electron chi connectivity index (χ3n) is 6.04. The summed E-state index contributed by atoms with van der Waals surface area (Å²) in [6.07, 6.45) is 5.17. The number of benzene rings is 1. The molecule has 1 heterocycles. The van der Waals surface area contributed by atoms with Crippen molar-refractivity contribution in [2.45, 2.75) is 64.3 Å². The van der Waals surface area contributed by atoms with Crippen LogP contribution in [0.3, 0.4) is 0 Å². The largest absolute Gasteiger partial charge is 0.341 e. The smallest absolute Gasteiger partial charge is 0.233 e. The van der Waals surface area contributed by atoms with Crippen LogP contribution in [0.2, 0.25) is 0 Å². The van der Waals surface area contributed by atoms with Crippen LogP contribution < -0.4 is 5.73 Å². The molecule has 0 bridgehead atoms. The lowest BCUT2D eigenvalue weighted by Crippen LogP contribution is -2.57. The Hall–Kier alpha value is -1.06. The van der Waals surface area contributed by atoms with Gasteiger partial charge in [-0.25, -0.2) is 0 Å². The number of rotatable bonds is 2. The number of nitrogens with two attached hydrogens (primary N) is 1. The van der Waals surface area contributed by atoms with Gasteiger partial charge in [0.15, 0.2) is 0 Å². The van der Waals surface area contributed by atoms with E-state index in [9.17, 15) is 4.79 Å². The molecule has 2 fully saturated rings. The summed E-state index contributed by atoms with van der Waals surface area (Å²) in [6.45, 7) is 8.06. The first-order valence-electron chi connectivity index (χ1n) is 8.97. The lowest BCUT2D eigenvalue weighted by molar-refractivity contribution is -0.140. The molecule has 2 aliphatic rings. The van der Waals surface area contributed by atoms with Gasteiger partial charge in [-0.3, -0.25) is 4.79 Å². The molecule has 1 saturated carbocycles. The summed E-state index contributed by atoms with van der Waals surface area (Å²) < 4.78 is 0. The molecular formula is C20H31ClN2O. The van der Waals surface area contributed by atoms with Crippen molar-refractivity contribution >= 4 is 18.3 Å². The van der Waals surface area contributed by atoms with Crippen molar-refractivity contribution in [1.29, 1.82) is 0 Å². The molecule has 1 atom stereocenters. The number of hydrogen-bond acceptors (Lipinski definition) is 2. The van der Waals surface area contributed by atoms with E-state index in [0.29, 0.717) is 5.91 Å². The highest BCUT2D eigenvalue weighted by molar-refractivity contribution is 5.89. The van der Waals surface area contributed by atoms with Crippen molar-refractivity contribution in [2.75, 3.05) is 13.1 Å². The highest BCUT2D eigenvalue weighted by Gasteiger charge is 2.47. The minimum Gasteiger partial charge on any atom is -0.341 e. The highest BCUT2D eigenvalue weighted by Crippen LogP contribution is 2.44. The van der Waals surface area contributed by atoms with Crippen LogP contribution in [0.1, 0.15) is 57.1 Å². The molecule has 0 aromatic heterocycles. The Bertz CT molecular complexity index is 593. The van der Waals surface area contributed by atoms with Crippen LogP contribution >= 0.6 is 12.4 Å². The van der Waals surface area contributed by atoms with Gasteiger partial charge in [0.25, 0.3) is 0 Å². The number of carbonyl (C=O) groups excluding carboxylic acids is 1. The molecule has 3 nitrogen and oxygen atoms in total. The van der Waals surface area contributed by atoms with E-state index in [-0.39, 0.29) is 29.3 Å². The molecule has 1 aromatic carbocycles. The quantitative estimate of drug-likeness (QED) is 0.881. The summed E-state index contributed by atoms with van der Waals surface area (Å²) in [5, 5.41) is 0. The molecular weight excluding hydrogens is 320 g/mol. The lowest BCUT2D eigenvalue weighted by atomic mass is 9.74. The second-order valence-corrected chi connectivity index (χ2v) is 8.27. The van der Waals surface area contributed by atoms with E-state index in [1.54, 1.807) is 0 Å². The number of hydrogen-bond donors (Lipinski definition) is 1. The van der Waals surface area contributed by atoms with Gasteiger partial charge in [-0.2, -0.15) is 0 Å². The predicted molar refractivity (Wildman–Crippen MR) is 102 cm³/mol. The number of carbonyl (C=O) groups is 1. The third-order valence-corrected chi connectivity index (χ3v) is 6.04. The molecule has 1 amide bonds. The first-order chi connectivity index (χ1) is 10.8. The van der Waals surface area contributed by atoms with Gasteiger partial charge in [0.2, 0.25) is 5.91 Å². The Balaban J connectivity index is 0.00000208. The van der Waals surface area contributed by atoms with Crippen molar-refractivity contribution in [3.05, 3.63) is 35.4 Å². The number of nitrogens with zero attached hydrogens (tertiary/aromatic N) is 1. The summed E-state index contributed by atoms with van der Waals surface area (Å²) in [5.41, 5.74) is 8.41. The molecule has 4 heteroatoms. The van der Waals surface area contributed by atoms with Gasteiger partial charge in [-0.1, -0.05) is 56.5 Å². The molecule has 1 unspecified atom stereocenters. The summed E-state index contributed by atoms with van der Waals surface area (Å²) in [5.74, 6) is 0.334. The summed E-state index contributed by atoms with van der Waals surface area (Å²) in [7, 11) is 0. The molecule has 3 rings (SSSR count). The van der Waals surface area contributed by atoms with Crippen molar-refractivity contribution in [3.63, 3.8) is 0 Å². The van der Waals surface area contributed by atoms with Crippen LogP contribution in [-0.2, 0) is 10.2 Å². The summed E-state index contributed by atoms with van der Waals surface area (Å²) >= 11 is 0. The Kier molecular flexibility index (Phi) is 5.66. The third kappa shape index (κ3) is 3.34. The number of piperidine rings is 1. The Morgan fingerprint density at radius 1 is 1.25 bits per heavy atom. The van der Waals surface area contributed by atoms with Crippen LogP contribution in [0.15, 0.2) is 24.3 Å². The molecule has 1 aliphatic carbocycles. The Labute approximate surface area is 152 Å². The summed E-state index contributed by atoms with van der Waals surface area (Å²) in [4.78, 5) is 15.6. The maximum absolute atomic E-state index is 13.5. The normalized spacial score (nSPS) is 25.2. The van der Waals surface area contributed by atoms with Gasteiger partial charge in [0, 0.05) is 19.1 Å². The van der Waals surface area contributed by atoms with Gasteiger partial charge in [-0.05, 0) is 37.2 Å². The second-order valence-electron chi connectivity index (χ2n) is 8.27. The highest BCUT2D eigenvalue weighted by atomic mass is 35.5. The van der Waals surface area contributed by atoms with Crippen LogP contribution in [0.5, 0.6) is 0 Å². The topological polar surface area (TPSA) is 46.3 Å². The minimum atomic E-state index is -0.302. The van der Waals surface area contributed by atoms with E-state index < -0.39 is 0 Å². The van der Waals surface area contributed by atoms with Gasteiger partial charge in [0.05, 0.1) is 5.41 Å². The molecule has 2 N–H and O–H groups in total. The van der Waals surface area contributed by atoms with Crippen LogP contribution in [-0.4, -0.2) is 29.9 Å². The average Bonchev–Trinajstić information content (AvgIpc) is 3.00. The number of aryl methyl sites for hydroxylation is 1. The van der Waals surface area contributed by atoms with Crippen molar-refractivity contribution in [2.24, 2.45) is 11.1 Å². The maximum atomic E-state index is 13.5. The van der Waals surface area contributed by atoms with E-state index in [1.807, 2.05) is 0 Å². The monoisotopic (exact) mass is 350 g/mol. The fraction of sp³-hybridized carbons (Fsp3) is 0.650. The van der Waals surface area contributed by atoms with Crippen molar-refractivity contribution < 1.29 is 4.79 Å². The molecule has 134 valence electrons. The Morgan fingerprint density at radius 3 is 2.50 bits per heavy atom. The number of halogens is 1. The first kappa shape index (κ1) is 19.3. The second kappa shape index (κ2) is 7.05. The van der Waals surface area contributed by atoms with Gasteiger partial charge >= 0.3 is 0 Å². The fourth-order valence-electron chi connectivity index (χ4n) is 4.40. The minimum absolute atomic E-state index is 0. The predicted octanol–water partition coefficient (Wildman–Crippen LogP) is 3.81. The molecule has 0 radical (unpaired) electrons. The van der Waals surface area contributed by atoms with Gasteiger partial charge < -0.3 is 10.6 Å². The SMILES string of the molecule is Cc1cccc(C2(C(=O)N3CCC(N)C(C)(C)C3)CCCC2)c1.Cl. The standard InChI is InChI=1S/C20H30N2O.ClH/c1-15-7-6-8-16(13-15)20(10-4-5-11-20)18(23)22-12-9-17(21)19(2,3)14-22;/h6-8,13,17H,4-5,9-12,14,21H2,1-3H3;1H. The lowest BCUT2D eigenvalue weighted by Gasteiger charge is -2.45. The van der Waals surface area contributed by atoms with Crippen LogP contribution in [0, 0.1) is 12.3 Å². The maximum Gasteiger partial charge on any atom is 0.233 e. The number of likely N-dealkylation sites (tertiary alicyclic amines) is 1. The van der Waals surface area contributed by atoms with E-state index >= 15 is 0 Å². The van der Waals surface area contributed by atoms with Crippen LogP contribution in [0.25, 0.3) is 0 Å². The van der Waals surface area contributed by atoms with Crippen molar-refractivity contribution in [3.8, 4) is 0 Å². The van der Waals surface area contributed by atoms with E-state index in [0.717, 1.165) is 45.2 Å². The Morgan fingerprint density at radius 2 is 1.92 bits per heavy atom. The van der Waals surface area contributed by atoms with Gasteiger partial charge in [-0.15, -0.1) is 12.4 Å². The molecule has 24 heavy (non-hydrogen) atoms. The molecule has 1 aliphatic heterocycles. The first-order valence-corrected chi connectivity index (χ1v) is 8.97. The summed E-state index contributed by atoms with van der Waals surface area (Å²) in [6, 6.07) is 8.75. The van der Waals surface area contributed by atoms with Crippen molar-refractivity contribution in [1.82, 2.24) is 4.90 Å². The fourth-order valence-corrected chi connectivity index (χ4v) is 4.40. The average molecular weight is 351 g/mol. The molecule has 0 spiro atoms. The van der Waals surface area contributed by atoms with Gasteiger partial charge in [0.1, 0.15) is 0 Å². The molecule has 1 saturated heterocycles. The van der Waals surface area contributed by atoms with E-state index in [1.165, 1.54) is 11.1 Å². The number of amides is 1. The van der Waals surface area contributed by atoms with E-state index in [4.69, 9.17) is 5.73 Å². The van der Waals surface area contributed by atoms with Crippen LogP contribution in [0.4, 0.5) is 0 Å². The zero-order valence-corrected chi connectivity index (χ0v) is 16.0. The zero-order chi connectivity index (χ0) is 16.7.